The number of esters is 4. The summed E-state index contributed by atoms with van der Waals surface area (Å²) in [4.78, 5) is 73.3. The van der Waals surface area contributed by atoms with Crippen LogP contribution in [-0.4, -0.2) is 134 Å². The zero-order valence-electron chi connectivity index (χ0n) is 38.2. The van der Waals surface area contributed by atoms with Gasteiger partial charge in [-0.05, 0) is 97.8 Å². The van der Waals surface area contributed by atoms with E-state index in [1.54, 1.807) is 61.5 Å². The van der Waals surface area contributed by atoms with Gasteiger partial charge >= 0.3 is 23.9 Å². The van der Waals surface area contributed by atoms with Gasteiger partial charge < -0.3 is 43.0 Å². The number of ether oxygens (including phenoxy) is 7. The normalized spacial score (nSPS) is 36.3. The lowest BCUT2D eigenvalue weighted by molar-refractivity contribution is -0.300. The van der Waals surface area contributed by atoms with E-state index < -0.39 is 89.9 Å². The largest absolute Gasteiger partial charge is 0.459 e. The van der Waals surface area contributed by atoms with Gasteiger partial charge in [-0.25, -0.2) is 9.59 Å². The van der Waals surface area contributed by atoms with Crippen molar-refractivity contribution in [3.8, 4) is 0 Å². The Morgan fingerprint density at radius 3 is 2.21 bits per heavy atom. The van der Waals surface area contributed by atoms with Crippen LogP contribution in [0.3, 0.4) is 0 Å². The van der Waals surface area contributed by atoms with Gasteiger partial charge in [-0.1, -0.05) is 69.3 Å². The Morgan fingerprint density at radius 1 is 0.921 bits per heavy atom. The van der Waals surface area contributed by atoms with Crippen LogP contribution in [0.1, 0.15) is 94.4 Å². The molecule has 2 aromatic carbocycles. The zero-order chi connectivity index (χ0) is 45.6. The molecular formula is C49H66N2O12. The Hall–Kier alpha value is -4.47. The maximum Gasteiger partial charge on any atom is 0.338 e. The summed E-state index contributed by atoms with van der Waals surface area (Å²) < 4.78 is 45.1. The number of likely N-dealkylation sites (N-methyl/N-ethyl adjacent to an activating group) is 1. The second-order valence-electron chi connectivity index (χ2n) is 18.5. The Kier molecular flexibility index (Phi) is 15.7. The van der Waals surface area contributed by atoms with Crippen molar-refractivity contribution in [1.82, 2.24) is 9.80 Å². The molecule has 14 heteroatoms. The van der Waals surface area contributed by atoms with Crippen LogP contribution in [0.4, 0.5) is 0 Å². The molecule has 4 heterocycles. The highest BCUT2D eigenvalue weighted by Crippen LogP contribution is 2.47. The summed E-state index contributed by atoms with van der Waals surface area (Å²) in [6.07, 6.45) is -0.240. The molecule has 0 spiro atoms. The highest BCUT2D eigenvalue weighted by molar-refractivity contribution is 5.97. The van der Waals surface area contributed by atoms with Gasteiger partial charge in [0.25, 0.3) is 0 Å². The van der Waals surface area contributed by atoms with E-state index in [4.69, 9.17) is 33.2 Å². The van der Waals surface area contributed by atoms with Crippen LogP contribution in [0.5, 0.6) is 0 Å². The van der Waals surface area contributed by atoms with E-state index in [-0.39, 0.29) is 37.1 Å². The third-order valence-electron chi connectivity index (χ3n) is 13.6. The van der Waals surface area contributed by atoms with Gasteiger partial charge in [0.05, 0.1) is 47.5 Å². The smallest absolute Gasteiger partial charge is 0.338 e. The quantitative estimate of drug-likeness (QED) is 0.124. The van der Waals surface area contributed by atoms with Crippen molar-refractivity contribution in [3.63, 3.8) is 0 Å². The molecule has 2 bridgehead atoms. The van der Waals surface area contributed by atoms with Crippen molar-refractivity contribution in [2.24, 2.45) is 23.7 Å². The number of nitrogens with zero attached hydrogens (tertiary/aromatic N) is 2. The second kappa shape index (κ2) is 20.6. The summed E-state index contributed by atoms with van der Waals surface area (Å²) in [5.41, 5.74) is -1.64. The molecule has 0 radical (unpaired) electrons. The van der Waals surface area contributed by atoms with Gasteiger partial charge in [-0.15, -0.1) is 0 Å². The maximum absolute atomic E-state index is 14.5. The number of cyclic esters (lactones) is 1. The lowest BCUT2D eigenvalue weighted by atomic mass is 9.72. The highest BCUT2D eigenvalue weighted by atomic mass is 16.7. The number of ketones is 1. The fourth-order valence-electron chi connectivity index (χ4n) is 10.3. The summed E-state index contributed by atoms with van der Waals surface area (Å²) in [6.45, 7) is 12.1. The summed E-state index contributed by atoms with van der Waals surface area (Å²) >= 11 is 0. The van der Waals surface area contributed by atoms with Gasteiger partial charge in [0.2, 0.25) is 0 Å². The molecule has 14 nitrogen and oxygen atoms in total. The van der Waals surface area contributed by atoms with E-state index in [2.05, 4.69) is 18.7 Å². The Morgan fingerprint density at radius 2 is 1.57 bits per heavy atom. The zero-order valence-corrected chi connectivity index (χ0v) is 38.2. The first-order valence-electron chi connectivity index (χ1n) is 22.3. The number of Topliss-reactive ketones (excluding diaryl/α,β-unsaturated/α-hetero) is 1. The standard InChI is InChI=1S/C49H66N2O12/c1-10-39-49(6)41-32(4)51(9)28-30(2)27-48(5,58-24-18-17-23-36(41)46(56)63-49)43(31(3)38(52)26-40(53)60-39)62-47-42(61-45(55)34-21-15-12-16-22-34)37(50(7)8)25-35(59-47)29-57-44(54)33-19-13-11-14-20-33/h11-22,30-32,35-37,39,41-43,47H,10,23-29H2,1-9H3/b18-17+/t30-,31+,32-,35+,36?,37?,39-,41+,42-,43-,47+,48-,49-/m1/s1. The minimum Gasteiger partial charge on any atom is -0.459 e. The van der Waals surface area contributed by atoms with E-state index in [1.807, 2.05) is 65.0 Å². The van der Waals surface area contributed by atoms with Crippen LogP contribution in [0.25, 0.3) is 0 Å². The first-order valence-corrected chi connectivity index (χ1v) is 22.3. The van der Waals surface area contributed by atoms with Crippen molar-refractivity contribution in [2.45, 2.75) is 128 Å². The summed E-state index contributed by atoms with van der Waals surface area (Å²) in [5, 5.41) is 0. The molecule has 2 aromatic rings. The van der Waals surface area contributed by atoms with Crippen molar-refractivity contribution in [2.75, 3.05) is 40.9 Å². The maximum atomic E-state index is 14.5. The van der Waals surface area contributed by atoms with Crippen LogP contribution >= 0.6 is 0 Å². The minimum atomic E-state index is -1.30. The minimum absolute atomic E-state index is 0.0491. The molecule has 6 rings (SSSR count). The van der Waals surface area contributed by atoms with Crippen LogP contribution in [0, 0.1) is 23.7 Å². The van der Waals surface area contributed by atoms with E-state index >= 15 is 0 Å². The van der Waals surface area contributed by atoms with Gasteiger partial charge in [0, 0.05) is 24.4 Å². The predicted molar refractivity (Wildman–Crippen MR) is 232 cm³/mol. The SMILES string of the molecule is CC[C@H]1OC(=O)CC(=O)[C@H](C)[C@@H](O[C@@H]2O[C@H](COC(=O)c3ccccc3)CC(N(C)C)[C@H]2OC(=O)c2ccccc2)[C@@]2(C)C[C@@H](C)CN(C)[C@H](C)[C@H]3C(C/C=C/CO2)C(=O)O[C@@]31C. The summed E-state index contributed by atoms with van der Waals surface area (Å²) in [7, 11) is 5.74. The molecule has 13 atom stereocenters. The number of hydrogen-bond donors (Lipinski definition) is 0. The van der Waals surface area contributed by atoms with E-state index in [9.17, 15) is 24.0 Å². The molecule has 0 aliphatic carbocycles. The van der Waals surface area contributed by atoms with E-state index in [0.717, 1.165) is 0 Å². The van der Waals surface area contributed by atoms with Gasteiger partial charge in [0.1, 0.15) is 24.9 Å². The number of carbonyl (C=O) groups excluding carboxylic acids is 5. The molecule has 63 heavy (non-hydrogen) atoms. The third-order valence-corrected chi connectivity index (χ3v) is 13.6. The average molecular weight is 875 g/mol. The molecule has 2 unspecified atom stereocenters. The molecule has 0 amide bonds. The number of carbonyl (C=O) groups is 5. The molecule has 4 aliphatic rings. The number of hydrogen-bond acceptors (Lipinski definition) is 14. The molecule has 0 aromatic heterocycles. The van der Waals surface area contributed by atoms with Crippen LogP contribution in [0.2, 0.25) is 0 Å². The van der Waals surface area contributed by atoms with Gasteiger partial charge in [-0.3, -0.25) is 14.4 Å². The van der Waals surface area contributed by atoms with Crippen LogP contribution < -0.4 is 0 Å². The number of rotatable bonds is 9. The lowest BCUT2D eigenvalue weighted by Crippen LogP contribution is -2.61. The molecule has 3 fully saturated rings. The Labute approximate surface area is 371 Å². The molecule has 0 N–H and O–H groups in total. The Bertz CT molecular complexity index is 1940. The van der Waals surface area contributed by atoms with Crippen molar-refractivity contribution < 1.29 is 57.1 Å². The molecule has 344 valence electrons. The van der Waals surface area contributed by atoms with E-state index in [1.165, 1.54) is 0 Å². The fraction of sp³-hybridized carbons (Fsp3) is 0.612. The first-order chi connectivity index (χ1) is 29.9. The van der Waals surface area contributed by atoms with Crippen molar-refractivity contribution >= 4 is 29.7 Å². The second-order valence-corrected chi connectivity index (χ2v) is 18.5. The van der Waals surface area contributed by atoms with Crippen LogP contribution in [0.15, 0.2) is 72.8 Å². The first kappa shape index (κ1) is 48.0. The van der Waals surface area contributed by atoms with Crippen LogP contribution in [-0.2, 0) is 47.5 Å². The topological polar surface area (TPSA) is 156 Å². The fourth-order valence-corrected chi connectivity index (χ4v) is 10.3. The predicted octanol–water partition coefficient (Wildman–Crippen LogP) is 6.06. The molecule has 4 aliphatic heterocycles. The number of benzene rings is 2. The van der Waals surface area contributed by atoms with Gasteiger partial charge in [0.15, 0.2) is 18.0 Å². The van der Waals surface area contributed by atoms with Gasteiger partial charge in [-0.2, -0.15) is 0 Å². The highest BCUT2D eigenvalue weighted by Gasteiger charge is 2.60. The van der Waals surface area contributed by atoms with Crippen molar-refractivity contribution in [1.29, 1.82) is 0 Å². The third kappa shape index (κ3) is 10.9. The number of fused-ring (bicyclic) bond motifs is 5. The summed E-state index contributed by atoms with van der Waals surface area (Å²) in [6, 6.07) is 16.6. The monoisotopic (exact) mass is 874 g/mol. The number of allylic oxidation sites excluding steroid dienone is 1. The molecule has 3 saturated heterocycles. The van der Waals surface area contributed by atoms with E-state index in [0.29, 0.717) is 43.4 Å². The lowest BCUT2D eigenvalue weighted by Gasteiger charge is -2.48. The van der Waals surface area contributed by atoms with Crippen molar-refractivity contribution in [3.05, 3.63) is 83.9 Å². The average Bonchev–Trinajstić information content (AvgIpc) is 3.52. The summed E-state index contributed by atoms with van der Waals surface area (Å²) in [5.74, 6) is -4.54. The molecule has 0 saturated carbocycles. The molecular weight excluding hydrogens is 809 g/mol. The Balaban J connectivity index is 1.42.